The lowest BCUT2D eigenvalue weighted by atomic mass is 9.80. The van der Waals surface area contributed by atoms with Crippen LogP contribution in [-0.2, 0) is 9.47 Å². The molecule has 92 valence electrons. The number of hydrogen-bond donors (Lipinski definition) is 1. The second-order valence-corrected chi connectivity index (χ2v) is 5.74. The van der Waals surface area contributed by atoms with E-state index in [1.807, 2.05) is 0 Å². The van der Waals surface area contributed by atoms with Gasteiger partial charge in [0, 0.05) is 39.1 Å². The van der Waals surface area contributed by atoms with Crippen molar-refractivity contribution in [3.63, 3.8) is 0 Å². The molecule has 0 amide bonds. The first-order chi connectivity index (χ1) is 7.83. The van der Waals surface area contributed by atoms with Crippen molar-refractivity contribution < 1.29 is 9.47 Å². The minimum atomic E-state index is 0.0911. The fraction of sp³-hybridized carbons (Fsp3) is 1.00. The van der Waals surface area contributed by atoms with E-state index in [2.05, 4.69) is 5.32 Å². The summed E-state index contributed by atoms with van der Waals surface area (Å²) in [6.45, 7) is 3.84. The van der Waals surface area contributed by atoms with E-state index in [1.165, 1.54) is 32.1 Å². The van der Waals surface area contributed by atoms with Gasteiger partial charge >= 0.3 is 0 Å². The molecule has 1 N–H and O–H groups in total. The van der Waals surface area contributed by atoms with Crippen LogP contribution < -0.4 is 5.32 Å². The monoisotopic (exact) mass is 225 g/mol. The van der Waals surface area contributed by atoms with E-state index >= 15 is 0 Å². The first kappa shape index (κ1) is 11.0. The Morgan fingerprint density at radius 3 is 2.06 bits per heavy atom. The zero-order valence-electron chi connectivity index (χ0n) is 10.1. The highest BCUT2D eigenvalue weighted by Crippen LogP contribution is 2.40. The summed E-state index contributed by atoms with van der Waals surface area (Å²) in [5.74, 6) is 0. The number of nitrogens with one attached hydrogen (secondary N) is 1. The molecule has 0 bridgehead atoms. The third kappa shape index (κ3) is 2.01. The van der Waals surface area contributed by atoms with Crippen LogP contribution in [0.1, 0.15) is 44.9 Å². The van der Waals surface area contributed by atoms with Crippen molar-refractivity contribution in [2.75, 3.05) is 26.3 Å². The van der Waals surface area contributed by atoms with Crippen LogP contribution in [0.15, 0.2) is 0 Å². The fourth-order valence-corrected chi connectivity index (χ4v) is 3.55. The van der Waals surface area contributed by atoms with E-state index in [1.54, 1.807) is 0 Å². The second-order valence-electron chi connectivity index (χ2n) is 5.74. The largest absolute Gasteiger partial charge is 0.381 e. The molecule has 0 aromatic heterocycles. The average Bonchev–Trinajstić information content (AvgIpc) is 2.31. The number of morpholine rings is 1. The van der Waals surface area contributed by atoms with Crippen LogP contribution in [0.2, 0.25) is 0 Å². The van der Waals surface area contributed by atoms with E-state index in [4.69, 9.17) is 9.47 Å². The van der Waals surface area contributed by atoms with Gasteiger partial charge in [-0.2, -0.15) is 0 Å². The summed E-state index contributed by atoms with van der Waals surface area (Å²) in [7, 11) is 0. The van der Waals surface area contributed by atoms with Crippen LogP contribution in [0.5, 0.6) is 0 Å². The molecular weight excluding hydrogens is 202 g/mol. The Kier molecular flexibility index (Phi) is 2.94. The maximum atomic E-state index is 6.60. The van der Waals surface area contributed by atoms with Gasteiger partial charge in [0.2, 0.25) is 0 Å². The van der Waals surface area contributed by atoms with Crippen LogP contribution in [0.3, 0.4) is 0 Å². The van der Waals surface area contributed by atoms with E-state index in [9.17, 15) is 0 Å². The maximum absolute atomic E-state index is 6.60. The summed E-state index contributed by atoms with van der Waals surface area (Å²) < 4.78 is 12.1. The van der Waals surface area contributed by atoms with Gasteiger partial charge in [-0.25, -0.2) is 0 Å². The second kappa shape index (κ2) is 4.28. The van der Waals surface area contributed by atoms with E-state index in [0.29, 0.717) is 0 Å². The molecule has 1 aliphatic carbocycles. The van der Waals surface area contributed by atoms with Crippen molar-refractivity contribution in [3.05, 3.63) is 0 Å². The van der Waals surface area contributed by atoms with Gasteiger partial charge in [0.1, 0.15) is 0 Å². The summed E-state index contributed by atoms with van der Waals surface area (Å²) in [6.07, 6.45) is 8.72. The molecule has 3 nitrogen and oxygen atoms in total. The Morgan fingerprint density at radius 1 is 0.750 bits per heavy atom. The van der Waals surface area contributed by atoms with Gasteiger partial charge in [0.15, 0.2) is 0 Å². The molecule has 2 aliphatic heterocycles. The molecular formula is C13H23NO2. The van der Waals surface area contributed by atoms with E-state index < -0.39 is 0 Å². The molecule has 3 fully saturated rings. The first-order valence-electron chi connectivity index (χ1n) is 6.81. The van der Waals surface area contributed by atoms with Gasteiger partial charge in [-0.3, -0.25) is 0 Å². The van der Waals surface area contributed by atoms with Gasteiger partial charge in [-0.05, 0) is 12.8 Å². The Morgan fingerprint density at radius 2 is 1.38 bits per heavy atom. The van der Waals surface area contributed by atoms with Crippen LogP contribution in [0.25, 0.3) is 0 Å². The minimum Gasteiger partial charge on any atom is -0.381 e. The standard InChI is InChI=1S/C13H23NO2/c1-2-4-12(5-3-1)10-14-11-13(16-12)6-8-15-9-7-13/h14H,1-11H2. The molecule has 16 heavy (non-hydrogen) atoms. The molecule has 0 aromatic rings. The Labute approximate surface area is 97.9 Å². The smallest absolute Gasteiger partial charge is 0.0858 e. The SMILES string of the molecule is C1CCC2(CC1)CNCC1(CCOCC1)O2. The zero-order chi connectivity index (χ0) is 10.9. The fourth-order valence-electron chi connectivity index (χ4n) is 3.55. The lowest BCUT2D eigenvalue weighted by Crippen LogP contribution is -2.62. The number of ether oxygens (including phenoxy) is 2. The van der Waals surface area contributed by atoms with Crippen LogP contribution in [0.4, 0.5) is 0 Å². The van der Waals surface area contributed by atoms with Gasteiger partial charge < -0.3 is 14.8 Å². The summed E-state index contributed by atoms with van der Waals surface area (Å²) in [6, 6.07) is 0. The maximum Gasteiger partial charge on any atom is 0.0858 e. The summed E-state index contributed by atoms with van der Waals surface area (Å²) in [4.78, 5) is 0. The molecule has 0 aromatic carbocycles. The predicted octanol–water partition coefficient (Wildman–Crippen LogP) is 1.86. The first-order valence-corrected chi connectivity index (χ1v) is 6.81. The Bertz CT molecular complexity index is 207. The third-order valence-corrected chi connectivity index (χ3v) is 4.50. The number of hydrogen-bond acceptors (Lipinski definition) is 3. The molecule has 2 heterocycles. The summed E-state index contributed by atoms with van der Waals surface area (Å²) in [5.41, 5.74) is 0.252. The van der Waals surface area contributed by atoms with Crippen molar-refractivity contribution in [2.24, 2.45) is 0 Å². The lowest BCUT2D eigenvalue weighted by Gasteiger charge is -2.51. The van der Waals surface area contributed by atoms with Gasteiger partial charge in [0.25, 0.3) is 0 Å². The van der Waals surface area contributed by atoms with Crippen LogP contribution in [-0.4, -0.2) is 37.5 Å². The van der Waals surface area contributed by atoms with Crippen molar-refractivity contribution >= 4 is 0 Å². The molecule has 2 saturated heterocycles. The van der Waals surface area contributed by atoms with Gasteiger partial charge in [-0.1, -0.05) is 19.3 Å². The molecule has 3 heteroatoms. The van der Waals surface area contributed by atoms with E-state index in [-0.39, 0.29) is 11.2 Å². The van der Waals surface area contributed by atoms with Gasteiger partial charge in [-0.15, -0.1) is 0 Å². The zero-order valence-corrected chi connectivity index (χ0v) is 10.1. The normalized spacial score (nSPS) is 33.0. The van der Waals surface area contributed by atoms with Gasteiger partial charge in [0.05, 0.1) is 11.2 Å². The quantitative estimate of drug-likeness (QED) is 0.682. The van der Waals surface area contributed by atoms with E-state index in [0.717, 1.165) is 39.1 Å². The molecule has 2 spiro atoms. The van der Waals surface area contributed by atoms with Crippen molar-refractivity contribution in [3.8, 4) is 0 Å². The molecule has 0 unspecified atom stereocenters. The van der Waals surface area contributed by atoms with Crippen molar-refractivity contribution in [1.82, 2.24) is 5.32 Å². The molecule has 3 rings (SSSR count). The lowest BCUT2D eigenvalue weighted by molar-refractivity contribution is -0.217. The highest BCUT2D eigenvalue weighted by molar-refractivity contribution is 4.98. The molecule has 3 aliphatic rings. The summed E-state index contributed by atoms with van der Waals surface area (Å²) >= 11 is 0. The average molecular weight is 225 g/mol. The topological polar surface area (TPSA) is 30.5 Å². The predicted molar refractivity (Wildman–Crippen MR) is 62.6 cm³/mol. The van der Waals surface area contributed by atoms with Crippen molar-refractivity contribution in [2.45, 2.75) is 56.1 Å². The highest BCUT2D eigenvalue weighted by atomic mass is 16.5. The number of rotatable bonds is 0. The van der Waals surface area contributed by atoms with Crippen LogP contribution in [0, 0.1) is 0 Å². The minimum absolute atomic E-state index is 0.0911. The third-order valence-electron chi connectivity index (χ3n) is 4.50. The Hall–Kier alpha value is -0.120. The van der Waals surface area contributed by atoms with Crippen LogP contribution >= 0.6 is 0 Å². The van der Waals surface area contributed by atoms with Crippen molar-refractivity contribution in [1.29, 1.82) is 0 Å². The molecule has 0 radical (unpaired) electrons. The highest BCUT2D eigenvalue weighted by Gasteiger charge is 2.46. The molecule has 0 atom stereocenters. The molecule has 1 saturated carbocycles. The Balaban J connectivity index is 1.72. The summed E-state index contributed by atoms with van der Waals surface area (Å²) in [5, 5.41) is 3.63.